The van der Waals surface area contributed by atoms with Crippen LogP contribution >= 0.6 is 11.8 Å². The first-order chi connectivity index (χ1) is 6.13. The van der Waals surface area contributed by atoms with Gasteiger partial charge in [0.1, 0.15) is 0 Å². The summed E-state index contributed by atoms with van der Waals surface area (Å²) < 4.78 is 3.45. The molecule has 0 saturated heterocycles. The van der Waals surface area contributed by atoms with Crippen molar-refractivity contribution in [1.29, 1.82) is 0 Å². The zero-order chi connectivity index (χ0) is 10.7. The fourth-order valence-corrected chi connectivity index (χ4v) is 11.5. The minimum Gasteiger partial charge on any atom is -0.855 e. The molecule has 0 heterocycles. The Morgan fingerprint density at radius 1 is 1.46 bits per heavy atom. The first-order valence-corrected chi connectivity index (χ1v) is 11.9. The van der Waals surface area contributed by atoms with Crippen molar-refractivity contribution < 1.29 is 5.11 Å². The van der Waals surface area contributed by atoms with Gasteiger partial charge < -0.3 is 5.11 Å². The van der Waals surface area contributed by atoms with Crippen molar-refractivity contribution in [3.8, 4) is 0 Å². The van der Waals surface area contributed by atoms with Crippen LogP contribution in [-0.4, -0.2) is 40.4 Å². The van der Waals surface area contributed by atoms with Crippen molar-refractivity contribution in [3.05, 3.63) is 0 Å². The molecule has 0 rings (SSSR count). The van der Waals surface area contributed by atoms with Crippen LogP contribution in [0.5, 0.6) is 0 Å². The van der Waals surface area contributed by atoms with E-state index in [1.54, 1.807) is 6.92 Å². The van der Waals surface area contributed by atoms with Crippen molar-refractivity contribution >= 4 is 31.5 Å². The molecule has 2 nitrogen and oxygen atoms in total. The molecule has 0 saturated carbocycles. The van der Waals surface area contributed by atoms with Crippen molar-refractivity contribution in [1.82, 2.24) is 0 Å². The van der Waals surface area contributed by atoms with Gasteiger partial charge in [0.25, 0.3) is 0 Å². The van der Waals surface area contributed by atoms with Crippen LogP contribution in [0.3, 0.4) is 0 Å². The Bertz CT molecular complexity index is 87.7. The van der Waals surface area contributed by atoms with E-state index in [1.807, 2.05) is 11.8 Å². The van der Waals surface area contributed by atoms with E-state index in [0.717, 1.165) is 0 Å². The fourth-order valence-electron chi connectivity index (χ4n) is 0.938. The quantitative estimate of drug-likeness (QED) is 0.772. The van der Waals surface area contributed by atoms with E-state index in [9.17, 15) is 0 Å². The second kappa shape index (κ2) is 13.1. The van der Waals surface area contributed by atoms with Gasteiger partial charge in [0.15, 0.2) is 0 Å². The normalized spacial score (nSPS) is 11.5. The van der Waals surface area contributed by atoms with Gasteiger partial charge in [0.2, 0.25) is 0 Å². The van der Waals surface area contributed by atoms with Gasteiger partial charge in [-0.2, -0.15) is 0 Å². The van der Waals surface area contributed by atoms with Gasteiger partial charge in [0, 0.05) is 0 Å². The largest absolute Gasteiger partial charge is 0.855 e. The maximum Gasteiger partial charge on any atom is -0.0809 e. The molecule has 0 aromatic rings. The van der Waals surface area contributed by atoms with Crippen LogP contribution in [-0.2, 0) is 0 Å². The molecule has 1 atom stereocenters. The predicted octanol–water partition coefficient (Wildman–Crippen LogP) is 1.05. The fraction of sp³-hybridized carbons (Fsp3) is 1.00. The minimum absolute atomic E-state index is 0. The number of hydrogen-bond acceptors (Lipinski definition) is 3. The van der Waals surface area contributed by atoms with Crippen LogP contribution < -0.4 is 10.8 Å². The van der Waals surface area contributed by atoms with Gasteiger partial charge in [-0.1, -0.05) is 6.92 Å². The van der Waals surface area contributed by atoms with E-state index in [2.05, 4.69) is 20.1 Å². The average Bonchev–Trinajstić information content (AvgIpc) is 2.05. The first kappa shape index (κ1) is 16.5. The van der Waals surface area contributed by atoms with E-state index < -0.39 is 19.8 Å². The Morgan fingerprint density at radius 2 is 1.92 bits per heavy atom. The van der Waals surface area contributed by atoms with Gasteiger partial charge in [-0.3, -0.25) is 0 Å². The van der Waals surface area contributed by atoms with Gasteiger partial charge >= 0.3 is 76.0 Å². The second-order valence-corrected chi connectivity index (χ2v) is 14.0. The summed E-state index contributed by atoms with van der Waals surface area (Å²) in [6, 6.07) is 0. The minimum atomic E-state index is -1.10. The molecule has 2 N–H and O–H groups in total. The summed E-state index contributed by atoms with van der Waals surface area (Å²) in [5, 5.41) is 8.93. The second-order valence-electron chi connectivity index (χ2n) is 2.92. The van der Waals surface area contributed by atoms with Crippen molar-refractivity contribution in [3.63, 3.8) is 0 Å². The molecule has 4 heteroatoms. The topological polar surface area (TPSA) is 49.1 Å². The number of thioether (sulfide) groups is 1. The molecule has 0 aromatic carbocycles. The summed E-state index contributed by atoms with van der Waals surface area (Å²) in [7, 11) is 0. The molecular formula is C9H23NOSSn. The summed E-state index contributed by atoms with van der Waals surface area (Å²) in [4.78, 5) is 0. The average molecular weight is 312 g/mol. The Hall–Kier alpha value is 1.07. The van der Waals surface area contributed by atoms with E-state index in [1.165, 1.54) is 14.6 Å². The Kier molecular flexibility index (Phi) is 16.6. The number of nitrogens with two attached hydrogens (primary N) is 1. The monoisotopic (exact) mass is 313 g/mol. The smallest absolute Gasteiger partial charge is 0.0809 e. The summed E-state index contributed by atoms with van der Waals surface area (Å²) >= 11 is 0.883. The molecule has 0 bridgehead atoms. The molecule has 0 aliphatic heterocycles. The van der Waals surface area contributed by atoms with Crippen LogP contribution in [0, 0.1) is 0 Å². The standard InChI is InChI=1S/C3H7.C2H6N.C2H5O.C2H5S.Sn/c1-3-2;2*1-2-3;1-3-2;/h1,3H2,2H3;2H,3H2,1H3;2H2,1H3;1H2,2H3;/q;;-1;;+1. The SMILES string of the molecule is CC[CH2][Sn+]([CH2]SC)[CH](C)N.CC[O-]. The first-order valence-electron chi connectivity index (χ1n) is 4.81. The summed E-state index contributed by atoms with van der Waals surface area (Å²) in [5.41, 5.74) is 5.88. The van der Waals surface area contributed by atoms with Crippen LogP contribution in [0.25, 0.3) is 0 Å². The molecule has 0 aliphatic carbocycles. The molecule has 0 aromatic heterocycles. The zero-order valence-electron chi connectivity index (χ0n) is 9.30. The molecular weight excluding hydrogens is 289 g/mol. The molecule has 1 unspecified atom stereocenters. The third kappa shape index (κ3) is 13.1. The Morgan fingerprint density at radius 3 is 2.15 bits per heavy atom. The third-order valence-corrected chi connectivity index (χ3v) is 14.8. The van der Waals surface area contributed by atoms with E-state index in [4.69, 9.17) is 10.8 Å². The number of hydrogen-bond donors (Lipinski definition) is 1. The maximum atomic E-state index is 8.93. The van der Waals surface area contributed by atoms with Crippen molar-refractivity contribution in [2.24, 2.45) is 5.73 Å². The molecule has 0 radical (unpaired) electrons. The molecule has 0 amide bonds. The molecule has 13 heavy (non-hydrogen) atoms. The zero-order valence-corrected chi connectivity index (χ0v) is 13.0. The molecule has 80 valence electrons. The van der Waals surface area contributed by atoms with Crippen LogP contribution in [0.4, 0.5) is 0 Å². The van der Waals surface area contributed by atoms with E-state index in [0.29, 0.717) is 4.06 Å². The summed E-state index contributed by atoms with van der Waals surface area (Å²) in [6.45, 7) is 6.03. The van der Waals surface area contributed by atoms with Crippen molar-refractivity contribution in [2.75, 3.05) is 16.6 Å². The predicted molar refractivity (Wildman–Crippen MR) is 63.4 cm³/mol. The summed E-state index contributed by atoms with van der Waals surface area (Å²) in [6.07, 6.45) is 3.54. The van der Waals surface area contributed by atoms with Gasteiger partial charge in [-0.15, -0.1) is 6.61 Å². The Labute approximate surface area is 94.4 Å². The van der Waals surface area contributed by atoms with Gasteiger partial charge in [-0.25, -0.2) is 0 Å². The van der Waals surface area contributed by atoms with Crippen LogP contribution in [0.15, 0.2) is 0 Å². The van der Waals surface area contributed by atoms with Crippen LogP contribution in [0.2, 0.25) is 4.44 Å². The molecule has 0 aliphatic rings. The molecule has 0 fully saturated rings. The van der Waals surface area contributed by atoms with Gasteiger partial charge in [-0.05, 0) is 0 Å². The van der Waals surface area contributed by atoms with Gasteiger partial charge in [0.05, 0.1) is 0 Å². The van der Waals surface area contributed by atoms with E-state index in [-0.39, 0.29) is 6.61 Å². The van der Waals surface area contributed by atoms with E-state index >= 15 is 0 Å². The third-order valence-electron chi connectivity index (χ3n) is 1.54. The Balaban J connectivity index is 0. The van der Waals surface area contributed by atoms with Crippen molar-refractivity contribution in [2.45, 2.75) is 35.7 Å². The number of rotatable bonds is 5. The molecule has 0 spiro atoms. The maximum absolute atomic E-state index is 8.93. The van der Waals surface area contributed by atoms with Crippen LogP contribution in [0.1, 0.15) is 27.2 Å². The summed E-state index contributed by atoms with van der Waals surface area (Å²) in [5.74, 6) is 0.